The van der Waals surface area contributed by atoms with Crippen LogP contribution in [0.4, 0.5) is 0 Å². The van der Waals surface area contributed by atoms with E-state index in [0.717, 1.165) is 23.8 Å². The number of hydrogen-bond donors (Lipinski definition) is 1. The minimum absolute atomic E-state index is 0.101. The molecule has 0 aliphatic heterocycles. The van der Waals surface area contributed by atoms with E-state index in [-0.39, 0.29) is 11.6 Å². The first-order valence-corrected chi connectivity index (χ1v) is 7.84. The highest BCUT2D eigenvalue weighted by molar-refractivity contribution is 7.10. The predicted molar refractivity (Wildman–Crippen MR) is 78.5 cm³/mol. The maximum atomic E-state index is 6.30. The fourth-order valence-corrected chi connectivity index (χ4v) is 4.39. The lowest BCUT2D eigenvalue weighted by molar-refractivity contribution is -0.0736. The Morgan fingerprint density at radius 3 is 2.61 bits per heavy atom. The fraction of sp³-hybridized carbons (Fsp3) is 0.714. The van der Waals surface area contributed by atoms with Gasteiger partial charge in [0.15, 0.2) is 0 Å². The Morgan fingerprint density at radius 2 is 2.17 bits per heavy atom. The maximum absolute atomic E-state index is 6.30. The van der Waals surface area contributed by atoms with E-state index in [0.29, 0.717) is 0 Å². The van der Waals surface area contributed by atoms with Crippen LogP contribution in [0.15, 0.2) is 11.4 Å². The average Bonchev–Trinajstić information content (AvgIpc) is 2.79. The molecule has 1 heterocycles. The minimum atomic E-state index is -0.101. The van der Waals surface area contributed by atoms with Crippen LogP contribution in [0.25, 0.3) is 0 Å². The van der Waals surface area contributed by atoms with E-state index in [1.54, 1.807) is 11.3 Å². The number of hydrogen-bond acceptors (Lipinski definition) is 3. The van der Waals surface area contributed by atoms with Crippen molar-refractivity contribution in [1.29, 1.82) is 0 Å². The van der Waals surface area contributed by atoms with Gasteiger partial charge in [-0.1, -0.05) is 18.5 Å². The number of likely N-dealkylation sites (N-methyl/N-ethyl adjacent to an activating group) is 1. The zero-order valence-electron chi connectivity index (χ0n) is 11.3. The minimum Gasteiger partial charge on any atom is -0.376 e. The van der Waals surface area contributed by atoms with Crippen LogP contribution in [-0.4, -0.2) is 19.8 Å². The van der Waals surface area contributed by atoms with Gasteiger partial charge in [0.1, 0.15) is 0 Å². The number of ether oxygens (including phenoxy) is 1. The van der Waals surface area contributed by atoms with Crippen molar-refractivity contribution in [3.63, 3.8) is 0 Å². The lowest BCUT2D eigenvalue weighted by Crippen LogP contribution is -2.46. The molecule has 0 spiro atoms. The van der Waals surface area contributed by atoms with Crippen LogP contribution < -0.4 is 5.32 Å². The Morgan fingerprint density at radius 1 is 1.50 bits per heavy atom. The third kappa shape index (κ3) is 2.60. The number of thiophene rings is 1. The van der Waals surface area contributed by atoms with Crippen LogP contribution >= 0.6 is 22.9 Å². The van der Waals surface area contributed by atoms with Gasteiger partial charge in [0.05, 0.1) is 16.7 Å². The Bertz CT molecular complexity index is 385. The molecule has 0 saturated heterocycles. The standard InChI is InChI=1S/C14H22ClNOS/c1-10-4-7-14(17-3,8-5-10)13(16-2)12-11(15)6-9-18-12/h6,9-10,13,16H,4-5,7-8H2,1-3H3. The monoisotopic (exact) mass is 287 g/mol. The van der Waals surface area contributed by atoms with E-state index in [1.807, 2.05) is 20.2 Å². The fourth-order valence-electron chi connectivity index (χ4n) is 3.01. The second kappa shape index (κ2) is 5.91. The molecule has 18 heavy (non-hydrogen) atoms. The van der Waals surface area contributed by atoms with E-state index in [2.05, 4.69) is 17.6 Å². The van der Waals surface area contributed by atoms with Gasteiger partial charge in [-0.25, -0.2) is 0 Å². The summed E-state index contributed by atoms with van der Waals surface area (Å²) in [6.45, 7) is 2.33. The maximum Gasteiger partial charge on any atom is 0.0881 e. The molecule has 0 bridgehead atoms. The van der Waals surface area contributed by atoms with Gasteiger partial charge in [0, 0.05) is 12.0 Å². The van der Waals surface area contributed by atoms with Gasteiger partial charge in [0.2, 0.25) is 0 Å². The first-order valence-electron chi connectivity index (χ1n) is 6.58. The average molecular weight is 288 g/mol. The van der Waals surface area contributed by atoms with Crippen molar-refractivity contribution in [2.45, 2.75) is 44.2 Å². The van der Waals surface area contributed by atoms with E-state index in [9.17, 15) is 0 Å². The summed E-state index contributed by atoms with van der Waals surface area (Å²) in [6.07, 6.45) is 4.67. The molecule has 0 aromatic carbocycles. The Balaban J connectivity index is 2.27. The topological polar surface area (TPSA) is 21.3 Å². The van der Waals surface area contributed by atoms with Crippen molar-refractivity contribution in [3.8, 4) is 0 Å². The summed E-state index contributed by atoms with van der Waals surface area (Å²) in [7, 11) is 3.83. The number of halogens is 1. The Hall–Kier alpha value is -0.0900. The van der Waals surface area contributed by atoms with Crippen LogP contribution in [0.3, 0.4) is 0 Å². The van der Waals surface area contributed by atoms with Crippen molar-refractivity contribution in [1.82, 2.24) is 5.32 Å². The molecule has 0 radical (unpaired) electrons. The quantitative estimate of drug-likeness (QED) is 0.893. The van der Waals surface area contributed by atoms with Crippen LogP contribution in [0, 0.1) is 5.92 Å². The smallest absolute Gasteiger partial charge is 0.0881 e. The second-order valence-electron chi connectivity index (χ2n) is 5.31. The summed E-state index contributed by atoms with van der Waals surface area (Å²) >= 11 is 8.01. The largest absolute Gasteiger partial charge is 0.376 e. The molecule has 2 rings (SSSR count). The van der Waals surface area contributed by atoms with Crippen molar-refractivity contribution < 1.29 is 4.74 Å². The van der Waals surface area contributed by atoms with E-state index in [1.165, 1.54) is 17.7 Å². The van der Waals surface area contributed by atoms with Crippen molar-refractivity contribution in [3.05, 3.63) is 21.3 Å². The molecule has 1 saturated carbocycles. The summed E-state index contributed by atoms with van der Waals surface area (Å²) in [5, 5.41) is 6.33. The molecule has 1 aliphatic rings. The van der Waals surface area contributed by atoms with Gasteiger partial charge < -0.3 is 10.1 Å². The number of rotatable bonds is 4. The highest BCUT2D eigenvalue weighted by Gasteiger charge is 2.42. The Labute approximate surface area is 119 Å². The molecular formula is C14H22ClNOS. The van der Waals surface area contributed by atoms with Gasteiger partial charge in [-0.2, -0.15) is 0 Å². The third-order valence-electron chi connectivity index (χ3n) is 4.25. The zero-order valence-corrected chi connectivity index (χ0v) is 12.9. The first kappa shape index (κ1) is 14.3. The van der Waals surface area contributed by atoms with Crippen LogP contribution in [-0.2, 0) is 4.74 Å². The van der Waals surface area contributed by atoms with Crippen LogP contribution in [0.1, 0.15) is 43.5 Å². The molecule has 1 fully saturated rings. The first-order chi connectivity index (χ1) is 8.63. The molecule has 0 amide bonds. The van der Waals surface area contributed by atoms with E-state index >= 15 is 0 Å². The van der Waals surface area contributed by atoms with E-state index < -0.39 is 0 Å². The molecule has 2 nitrogen and oxygen atoms in total. The van der Waals surface area contributed by atoms with Crippen molar-refractivity contribution >= 4 is 22.9 Å². The lowest BCUT2D eigenvalue weighted by atomic mass is 9.75. The summed E-state index contributed by atoms with van der Waals surface area (Å²) < 4.78 is 5.94. The third-order valence-corrected chi connectivity index (χ3v) is 5.67. The molecule has 1 atom stereocenters. The molecule has 1 unspecified atom stereocenters. The van der Waals surface area contributed by atoms with E-state index in [4.69, 9.17) is 16.3 Å². The highest BCUT2D eigenvalue weighted by atomic mass is 35.5. The van der Waals surface area contributed by atoms with Crippen LogP contribution in [0.2, 0.25) is 5.02 Å². The lowest BCUT2D eigenvalue weighted by Gasteiger charge is -2.43. The molecule has 1 aliphatic carbocycles. The SMILES string of the molecule is CNC(c1sccc1Cl)C1(OC)CCC(C)CC1. The second-order valence-corrected chi connectivity index (χ2v) is 6.66. The van der Waals surface area contributed by atoms with Gasteiger partial charge in [-0.15, -0.1) is 11.3 Å². The summed E-state index contributed by atoms with van der Waals surface area (Å²) in [5.74, 6) is 0.810. The zero-order chi connectivity index (χ0) is 13.2. The van der Waals surface area contributed by atoms with Crippen molar-refractivity contribution in [2.24, 2.45) is 5.92 Å². The molecule has 1 N–H and O–H groups in total. The summed E-state index contributed by atoms with van der Waals surface area (Å²) in [4.78, 5) is 1.20. The molecular weight excluding hydrogens is 266 g/mol. The van der Waals surface area contributed by atoms with Crippen LogP contribution in [0.5, 0.6) is 0 Å². The summed E-state index contributed by atoms with van der Waals surface area (Å²) in [5.41, 5.74) is -0.101. The number of methoxy groups -OCH3 is 1. The number of nitrogens with one attached hydrogen (secondary N) is 1. The Kier molecular flexibility index (Phi) is 4.70. The normalized spacial score (nSPS) is 30.3. The van der Waals surface area contributed by atoms with Gasteiger partial charge in [-0.05, 0) is 50.1 Å². The molecule has 4 heteroatoms. The summed E-state index contributed by atoms with van der Waals surface area (Å²) in [6, 6.07) is 2.17. The predicted octanol–water partition coefficient (Wildman–Crippen LogP) is 4.26. The molecule has 102 valence electrons. The van der Waals surface area contributed by atoms with Gasteiger partial charge >= 0.3 is 0 Å². The van der Waals surface area contributed by atoms with Gasteiger partial charge in [0.25, 0.3) is 0 Å². The molecule has 1 aromatic heterocycles. The van der Waals surface area contributed by atoms with Gasteiger partial charge in [-0.3, -0.25) is 0 Å². The van der Waals surface area contributed by atoms with Crippen molar-refractivity contribution in [2.75, 3.05) is 14.2 Å². The molecule has 1 aromatic rings. The highest BCUT2D eigenvalue weighted by Crippen LogP contribution is 2.45.